The molecule has 0 fully saturated rings. The Morgan fingerprint density at radius 2 is 1.82 bits per heavy atom. The molecule has 1 aromatic carbocycles. The maximum Gasteiger partial charge on any atom is 0.326 e. The number of nitrogens with one attached hydrogen (secondary N) is 1. The highest BCUT2D eigenvalue weighted by molar-refractivity contribution is 5.84. The van der Waals surface area contributed by atoms with Crippen molar-refractivity contribution in [2.24, 2.45) is 5.73 Å². The molecule has 0 saturated carbocycles. The molecule has 1 unspecified atom stereocenters. The number of carbonyl (C=O) groups is 3. The van der Waals surface area contributed by atoms with Crippen LogP contribution in [0.25, 0.3) is 0 Å². The number of aliphatic carboxylic acids is 1. The summed E-state index contributed by atoms with van der Waals surface area (Å²) in [4.78, 5) is 33.4. The van der Waals surface area contributed by atoms with Gasteiger partial charge in [-0.2, -0.15) is 0 Å². The molecule has 0 heterocycles. The molecule has 1 aromatic rings. The van der Waals surface area contributed by atoms with E-state index in [1.165, 1.54) is 12.1 Å². The zero-order valence-corrected chi connectivity index (χ0v) is 11.8. The molecule has 0 aromatic heterocycles. The molecular formula is C14H18N2O6. The van der Waals surface area contributed by atoms with Crippen molar-refractivity contribution in [1.29, 1.82) is 0 Å². The van der Waals surface area contributed by atoms with Crippen LogP contribution in [-0.2, 0) is 20.8 Å². The number of phenols is 2. The fraction of sp³-hybridized carbons (Fsp3) is 0.357. The van der Waals surface area contributed by atoms with Gasteiger partial charge in [0.1, 0.15) is 6.04 Å². The Balaban J connectivity index is 2.51. The number of benzene rings is 1. The van der Waals surface area contributed by atoms with Gasteiger partial charge < -0.3 is 26.4 Å². The lowest BCUT2D eigenvalue weighted by molar-refractivity contribution is -0.142. The lowest BCUT2D eigenvalue weighted by atomic mass is 10.1. The molecule has 2 amide bonds. The van der Waals surface area contributed by atoms with E-state index in [1.54, 1.807) is 6.07 Å². The monoisotopic (exact) mass is 310 g/mol. The Labute approximate surface area is 126 Å². The van der Waals surface area contributed by atoms with Gasteiger partial charge in [0.2, 0.25) is 11.8 Å². The highest BCUT2D eigenvalue weighted by atomic mass is 16.4. The summed E-state index contributed by atoms with van der Waals surface area (Å²) >= 11 is 0. The Bertz CT molecular complexity index is 572. The van der Waals surface area contributed by atoms with Crippen LogP contribution < -0.4 is 11.1 Å². The van der Waals surface area contributed by atoms with Crippen molar-refractivity contribution >= 4 is 17.8 Å². The molecule has 22 heavy (non-hydrogen) atoms. The van der Waals surface area contributed by atoms with Gasteiger partial charge >= 0.3 is 5.97 Å². The van der Waals surface area contributed by atoms with Crippen molar-refractivity contribution in [1.82, 2.24) is 5.32 Å². The van der Waals surface area contributed by atoms with Crippen molar-refractivity contribution in [3.05, 3.63) is 23.8 Å². The number of carboxylic acids is 1. The second-order valence-corrected chi connectivity index (χ2v) is 4.79. The van der Waals surface area contributed by atoms with Crippen molar-refractivity contribution in [3.8, 4) is 11.5 Å². The van der Waals surface area contributed by atoms with E-state index in [0.29, 0.717) is 5.56 Å². The number of carboxylic acid groups (broad SMARTS) is 1. The fourth-order valence-corrected chi connectivity index (χ4v) is 1.79. The highest BCUT2D eigenvalue weighted by Crippen LogP contribution is 2.25. The third kappa shape index (κ3) is 5.70. The van der Waals surface area contributed by atoms with E-state index in [-0.39, 0.29) is 37.2 Å². The van der Waals surface area contributed by atoms with Gasteiger partial charge in [-0.05, 0) is 30.5 Å². The predicted molar refractivity (Wildman–Crippen MR) is 76.1 cm³/mol. The number of aromatic hydroxyl groups is 2. The lowest BCUT2D eigenvalue weighted by Crippen LogP contribution is -2.41. The van der Waals surface area contributed by atoms with Crippen LogP contribution in [0.15, 0.2) is 18.2 Å². The van der Waals surface area contributed by atoms with Gasteiger partial charge in [-0.15, -0.1) is 0 Å². The van der Waals surface area contributed by atoms with Gasteiger partial charge in [0, 0.05) is 12.8 Å². The molecule has 0 radical (unpaired) electrons. The average Bonchev–Trinajstić information content (AvgIpc) is 2.44. The van der Waals surface area contributed by atoms with Crippen LogP contribution in [0.1, 0.15) is 24.8 Å². The molecule has 0 saturated heterocycles. The third-order valence-corrected chi connectivity index (χ3v) is 2.99. The Kier molecular flexibility index (Phi) is 6.18. The second kappa shape index (κ2) is 7.87. The second-order valence-electron chi connectivity index (χ2n) is 4.79. The van der Waals surface area contributed by atoms with Gasteiger partial charge in [0.25, 0.3) is 0 Å². The fourth-order valence-electron chi connectivity index (χ4n) is 1.79. The largest absolute Gasteiger partial charge is 0.504 e. The van der Waals surface area contributed by atoms with E-state index in [0.717, 1.165) is 0 Å². The Morgan fingerprint density at radius 1 is 1.14 bits per heavy atom. The maximum absolute atomic E-state index is 11.7. The smallest absolute Gasteiger partial charge is 0.326 e. The molecule has 120 valence electrons. The average molecular weight is 310 g/mol. The first-order valence-corrected chi connectivity index (χ1v) is 6.61. The summed E-state index contributed by atoms with van der Waals surface area (Å²) in [6.07, 6.45) is 0.0614. The summed E-state index contributed by atoms with van der Waals surface area (Å²) in [6, 6.07) is 3.00. The van der Waals surface area contributed by atoms with Gasteiger partial charge in [-0.3, -0.25) is 9.59 Å². The molecule has 0 aliphatic carbocycles. The third-order valence-electron chi connectivity index (χ3n) is 2.99. The number of rotatable bonds is 8. The van der Waals surface area contributed by atoms with Crippen LogP contribution in [-0.4, -0.2) is 39.1 Å². The first kappa shape index (κ1) is 17.3. The minimum absolute atomic E-state index is 0.00453. The van der Waals surface area contributed by atoms with Crippen molar-refractivity contribution < 1.29 is 29.7 Å². The summed E-state index contributed by atoms with van der Waals surface area (Å²) in [5.41, 5.74) is 5.56. The van der Waals surface area contributed by atoms with E-state index in [4.69, 9.17) is 10.8 Å². The van der Waals surface area contributed by atoms with Gasteiger partial charge in [-0.25, -0.2) is 4.79 Å². The minimum atomic E-state index is -1.24. The predicted octanol–water partition coefficient (Wildman–Crippen LogP) is -0.135. The standard InChI is InChI=1S/C14H18N2O6/c15-12(19)5-3-9(14(21)22)16-13(20)6-2-8-1-4-10(17)11(18)7-8/h1,4,7,9,17-18H,2-3,5-6H2,(H2,15,19)(H,16,20)(H,21,22). The van der Waals surface area contributed by atoms with Crippen LogP contribution in [0.3, 0.4) is 0 Å². The van der Waals surface area contributed by atoms with Gasteiger partial charge in [0.05, 0.1) is 0 Å². The van der Waals surface area contributed by atoms with Crippen LogP contribution in [0, 0.1) is 0 Å². The van der Waals surface area contributed by atoms with E-state index in [1.807, 2.05) is 0 Å². The van der Waals surface area contributed by atoms with E-state index >= 15 is 0 Å². The maximum atomic E-state index is 11.7. The highest BCUT2D eigenvalue weighted by Gasteiger charge is 2.20. The SMILES string of the molecule is NC(=O)CCC(NC(=O)CCc1ccc(O)c(O)c1)C(=O)O. The van der Waals surface area contributed by atoms with Gasteiger partial charge in [-0.1, -0.05) is 6.07 Å². The van der Waals surface area contributed by atoms with Crippen LogP contribution in [0.5, 0.6) is 11.5 Å². The van der Waals surface area contributed by atoms with Crippen molar-refractivity contribution in [2.45, 2.75) is 31.7 Å². The summed E-state index contributed by atoms with van der Waals surface area (Å²) < 4.78 is 0. The molecule has 8 heteroatoms. The Morgan fingerprint density at radius 3 is 2.36 bits per heavy atom. The number of aryl methyl sites for hydroxylation is 1. The molecular weight excluding hydrogens is 292 g/mol. The number of hydrogen-bond acceptors (Lipinski definition) is 5. The number of primary amides is 1. The van der Waals surface area contributed by atoms with Gasteiger partial charge in [0.15, 0.2) is 11.5 Å². The molecule has 0 aliphatic heterocycles. The zero-order chi connectivity index (χ0) is 16.7. The number of hydrogen-bond donors (Lipinski definition) is 5. The number of nitrogens with two attached hydrogens (primary N) is 1. The first-order chi connectivity index (χ1) is 10.3. The van der Waals surface area contributed by atoms with Crippen LogP contribution in [0.2, 0.25) is 0 Å². The summed E-state index contributed by atoms with van der Waals surface area (Å²) in [5, 5.41) is 29.8. The molecule has 0 spiro atoms. The summed E-state index contributed by atoms with van der Waals surface area (Å²) in [7, 11) is 0. The van der Waals surface area contributed by atoms with Crippen LogP contribution >= 0.6 is 0 Å². The van der Waals surface area contributed by atoms with E-state index < -0.39 is 23.8 Å². The molecule has 0 bridgehead atoms. The van der Waals surface area contributed by atoms with Crippen molar-refractivity contribution in [2.75, 3.05) is 0 Å². The lowest BCUT2D eigenvalue weighted by Gasteiger charge is -2.13. The first-order valence-electron chi connectivity index (χ1n) is 6.61. The molecule has 0 aliphatic rings. The topological polar surface area (TPSA) is 150 Å². The molecule has 1 atom stereocenters. The molecule has 6 N–H and O–H groups in total. The Hall–Kier alpha value is -2.77. The normalized spacial score (nSPS) is 11.6. The summed E-state index contributed by atoms with van der Waals surface area (Å²) in [5.74, 6) is -2.92. The molecule has 1 rings (SSSR count). The van der Waals surface area contributed by atoms with E-state index in [2.05, 4.69) is 5.32 Å². The van der Waals surface area contributed by atoms with E-state index in [9.17, 15) is 24.6 Å². The number of amides is 2. The minimum Gasteiger partial charge on any atom is -0.504 e. The number of phenolic OH excluding ortho intramolecular Hbond substituents is 2. The molecule has 8 nitrogen and oxygen atoms in total. The summed E-state index contributed by atoms with van der Waals surface area (Å²) in [6.45, 7) is 0. The van der Waals surface area contributed by atoms with Crippen molar-refractivity contribution in [3.63, 3.8) is 0 Å². The zero-order valence-electron chi connectivity index (χ0n) is 11.8. The number of carbonyl (C=O) groups excluding carboxylic acids is 2. The quantitative estimate of drug-likeness (QED) is 0.422. The van der Waals surface area contributed by atoms with Crippen LogP contribution in [0.4, 0.5) is 0 Å².